The Kier molecular flexibility index (Phi) is 4.15. The molecule has 1 saturated heterocycles. The number of hydrogen-bond donors (Lipinski definition) is 1. The predicted molar refractivity (Wildman–Crippen MR) is 85.5 cm³/mol. The predicted octanol–water partition coefficient (Wildman–Crippen LogP) is 1.44. The highest BCUT2D eigenvalue weighted by Crippen LogP contribution is 2.39. The quantitative estimate of drug-likeness (QED) is 0.857. The molecule has 0 amide bonds. The molecule has 8 heteroatoms. The van der Waals surface area contributed by atoms with Crippen molar-refractivity contribution in [3.05, 3.63) is 29.5 Å². The van der Waals surface area contributed by atoms with Crippen LogP contribution in [0.25, 0.3) is 0 Å². The fraction of sp³-hybridized carbons (Fsp3) is 0.625. The summed E-state index contributed by atoms with van der Waals surface area (Å²) in [4.78, 5) is 7.04. The van der Waals surface area contributed by atoms with E-state index in [4.69, 9.17) is 14.5 Å². The lowest BCUT2D eigenvalue weighted by molar-refractivity contribution is 0.107. The molecule has 0 radical (unpaired) electrons. The van der Waals surface area contributed by atoms with Crippen molar-refractivity contribution in [2.75, 3.05) is 20.8 Å². The van der Waals surface area contributed by atoms with Crippen LogP contribution in [-0.4, -0.2) is 57.1 Å². The van der Waals surface area contributed by atoms with Gasteiger partial charge < -0.3 is 9.47 Å². The molecule has 0 unspecified atom stereocenters. The number of hydrogen-bond acceptors (Lipinski definition) is 7. The molecule has 4 rings (SSSR count). The summed E-state index contributed by atoms with van der Waals surface area (Å²) in [6, 6.07) is 3.94. The van der Waals surface area contributed by atoms with Gasteiger partial charge in [-0.05, 0) is 25.3 Å². The van der Waals surface area contributed by atoms with Gasteiger partial charge in [0.15, 0.2) is 5.82 Å². The number of H-pyrrole nitrogens is 1. The van der Waals surface area contributed by atoms with Gasteiger partial charge in [-0.3, -0.25) is 10.00 Å². The summed E-state index contributed by atoms with van der Waals surface area (Å²) >= 11 is 0. The second-order valence-corrected chi connectivity index (χ2v) is 6.46. The van der Waals surface area contributed by atoms with Crippen LogP contribution in [0.3, 0.4) is 0 Å². The minimum Gasteiger partial charge on any atom is -0.480 e. The molecule has 2 atom stereocenters. The maximum Gasteiger partial charge on any atom is 0.233 e. The molecule has 2 aromatic rings. The van der Waals surface area contributed by atoms with E-state index in [1.165, 1.54) is 12.8 Å². The fourth-order valence-electron chi connectivity index (χ4n) is 3.20. The Hall–Kier alpha value is -2.06. The van der Waals surface area contributed by atoms with Crippen molar-refractivity contribution in [2.45, 2.75) is 43.9 Å². The van der Waals surface area contributed by atoms with E-state index in [0.717, 1.165) is 30.3 Å². The molecule has 0 aromatic carbocycles. The summed E-state index contributed by atoms with van der Waals surface area (Å²) in [5, 5.41) is 15.8. The van der Waals surface area contributed by atoms with Crippen LogP contribution in [0.1, 0.15) is 48.6 Å². The maximum atomic E-state index is 5.57. The molecule has 0 spiro atoms. The summed E-state index contributed by atoms with van der Waals surface area (Å²) < 4.78 is 10.6. The summed E-state index contributed by atoms with van der Waals surface area (Å²) in [6.07, 6.45) is 3.50. The molecule has 2 aromatic heterocycles. The van der Waals surface area contributed by atoms with E-state index in [9.17, 15) is 0 Å². The van der Waals surface area contributed by atoms with E-state index >= 15 is 0 Å². The van der Waals surface area contributed by atoms with E-state index in [0.29, 0.717) is 18.3 Å². The number of rotatable bonds is 6. The lowest BCUT2D eigenvalue weighted by Gasteiger charge is -2.21. The van der Waals surface area contributed by atoms with E-state index in [1.54, 1.807) is 14.2 Å². The number of methoxy groups -OCH3 is 2. The van der Waals surface area contributed by atoms with Gasteiger partial charge in [0.1, 0.15) is 5.82 Å². The Morgan fingerprint density at radius 2 is 2.12 bits per heavy atom. The number of nitrogens with zero attached hydrogens (tertiary/aromatic N) is 5. The van der Waals surface area contributed by atoms with E-state index < -0.39 is 0 Å². The molecular weight excluding hydrogens is 308 g/mol. The molecule has 3 heterocycles. The van der Waals surface area contributed by atoms with Gasteiger partial charge in [0.25, 0.3) is 0 Å². The molecule has 1 N–H and O–H groups in total. The number of likely N-dealkylation sites (tertiary alicyclic amines) is 1. The zero-order chi connectivity index (χ0) is 16.5. The molecule has 128 valence electrons. The minimum atomic E-state index is 0.166. The summed E-state index contributed by atoms with van der Waals surface area (Å²) in [5.74, 6) is 2.96. The van der Waals surface area contributed by atoms with Crippen LogP contribution >= 0.6 is 0 Å². The molecule has 0 bridgehead atoms. The third-order valence-electron chi connectivity index (χ3n) is 4.75. The highest BCUT2D eigenvalue weighted by molar-refractivity contribution is 5.13. The van der Waals surface area contributed by atoms with Crippen molar-refractivity contribution in [3.63, 3.8) is 0 Å². The third-order valence-corrected chi connectivity index (χ3v) is 4.75. The van der Waals surface area contributed by atoms with Crippen LogP contribution in [0.4, 0.5) is 0 Å². The number of nitrogens with one attached hydrogen (secondary N) is 1. The second-order valence-electron chi connectivity index (χ2n) is 6.46. The fourth-order valence-corrected chi connectivity index (χ4v) is 3.20. The first-order chi connectivity index (χ1) is 11.8. The first kappa shape index (κ1) is 15.5. The normalized spacial score (nSPS) is 24.4. The highest BCUT2D eigenvalue weighted by atomic mass is 16.5. The van der Waals surface area contributed by atoms with Gasteiger partial charge in [0, 0.05) is 32.2 Å². The van der Waals surface area contributed by atoms with Crippen LogP contribution in [0.5, 0.6) is 5.88 Å². The monoisotopic (exact) mass is 330 g/mol. The van der Waals surface area contributed by atoms with Crippen LogP contribution in [0.2, 0.25) is 0 Å². The molecule has 24 heavy (non-hydrogen) atoms. The summed E-state index contributed by atoms with van der Waals surface area (Å²) in [7, 11) is 3.35. The topological polar surface area (TPSA) is 89.0 Å². The molecule has 1 aliphatic heterocycles. The van der Waals surface area contributed by atoms with Crippen LogP contribution in [0.15, 0.2) is 12.1 Å². The zero-order valence-corrected chi connectivity index (χ0v) is 14.0. The molecule has 1 aliphatic carbocycles. The van der Waals surface area contributed by atoms with Gasteiger partial charge in [-0.15, -0.1) is 5.10 Å². The number of ether oxygens (including phenoxy) is 2. The molecule has 2 fully saturated rings. The number of aromatic amines is 1. The van der Waals surface area contributed by atoms with Gasteiger partial charge in [-0.1, -0.05) is 0 Å². The molecular formula is C16H22N6O2. The lowest BCUT2D eigenvalue weighted by atomic mass is 10.2. The zero-order valence-electron chi connectivity index (χ0n) is 14.0. The SMILES string of the molecule is COc1ccc(CN2C[C@H](OC)C[C@H]2c2nc(C3CC3)n[nH]2)nn1. The summed E-state index contributed by atoms with van der Waals surface area (Å²) in [5.41, 5.74) is 0.902. The first-order valence-corrected chi connectivity index (χ1v) is 8.32. The summed E-state index contributed by atoms with van der Waals surface area (Å²) in [6.45, 7) is 1.54. The van der Waals surface area contributed by atoms with Gasteiger partial charge in [-0.25, -0.2) is 4.98 Å². The maximum absolute atomic E-state index is 5.57. The van der Waals surface area contributed by atoms with Crippen LogP contribution in [0, 0.1) is 0 Å². The second kappa shape index (κ2) is 6.45. The van der Waals surface area contributed by atoms with Crippen LogP contribution < -0.4 is 4.74 Å². The Morgan fingerprint density at radius 1 is 1.25 bits per heavy atom. The molecule has 1 saturated carbocycles. The Labute approximate surface area is 140 Å². The van der Waals surface area contributed by atoms with Gasteiger partial charge >= 0.3 is 0 Å². The Morgan fingerprint density at radius 3 is 2.79 bits per heavy atom. The van der Waals surface area contributed by atoms with E-state index in [-0.39, 0.29) is 12.1 Å². The van der Waals surface area contributed by atoms with E-state index in [1.807, 2.05) is 12.1 Å². The Balaban J connectivity index is 1.51. The minimum absolute atomic E-state index is 0.166. The van der Waals surface area contributed by atoms with Crippen molar-refractivity contribution < 1.29 is 9.47 Å². The van der Waals surface area contributed by atoms with Crippen molar-refractivity contribution in [1.29, 1.82) is 0 Å². The van der Waals surface area contributed by atoms with Crippen molar-refractivity contribution in [3.8, 4) is 5.88 Å². The lowest BCUT2D eigenvalue weighted by Crippen LogP contribution is -2.26. The van der Waals surface area contributed by atoms with Crippen LogP contribution in [-0.2, 0) is 11.3 Å². The van der Waals surface area contributed by atoms with Crippen molar-refractivity contribution in [1.82, 2.24) is 30.3 Å². The first-order valence-electron chi connectivity index (χ1n) is 8.32. The molecule has 8 nitrogen and oxygen atoms in total. The average Bonchev–Trinajstić information content (AvgIpc) is 3.21. The molecule has 2 aliphatic rings. The third kappa shape index (κ3) is 3.11. The largest absolute Gasteiger partial charge is 0.480 e. The van der Waals surface area contributed by atoms with E-state index in [2.05, 4.69) is 25.3 Å². The van der Waals surface area contributed by atoms with Gasteiger partial charge in [-0.2, -0.15) is 10.2 Å². The standard InChI is InChI=1S/C16H22N6O2/c1-23-12-7-13(16-17-15(20-21-16)10-3-4-10)22(9-12)8-11-5-6-14(24-2)19-18-11/h5-6,10,12-13H,3-4,7-9H2,1-2H3,(H,17,20,21)/t12-,13+/m1/s1. The smallest absolute Gasteiger partial charge is 0.233 e. The number of aromatic nitrogens is 5. The van der Waals surface area contributed by atoms with Crippen molar-refractivity contribution >= 4 is 0 Å². The van der Waals surface area contributed by atoms with Crippen molar-refractivity contribution in [2.24, 2.45) is 0 Å². The van der Waals surface area contributed by atoms with Gasteiger partial charge in [0.2, 0.25) is 5.88 Å². The highest BCUT2D eigenvalue weighted by Gasteiger charge is 2.37. The average molecular weight is 330 g/mol. The Bertz CT molecular complexity index is 684. The van der Waals surface area contributed by atoms with Gasteiger partial charge in [0.05, 0.1) is 24.9 Å².